The summed E-state index contributed by atoms with van der Waals surface area (Å²) in [6, 6.07) is 6.78. The molecule has 0 aliphatic carbocycles. The van der Waals surface area contributed by atoms with Gasteiger partial charge in [-0.2, -0.15) is 0 Å². The summed E-state index contributed by atoms with van der Waals surface area (Å²) in [6.07, 6.45) is 4.53. The van der Waals surface area contributed by atoms with E-state index in [1.54, 1.807) is 23.0 Å². The number of hydrogen-bond acceptors (Lipinski definition) is 7. The van der Waals surface area contributed by atoms with E-state index in [0.717, 1.165) is 38.1 Å². The first-order valence-corrected chi connectivity index (χ1v) is 9.95. The Balaban J connectivity index is 1.56. The van der Waals surface area contributed by atoms with Crippen LogP contribution in [0.3, 0.4) is 0 Å². The molecule has 2 N–H and O–H groups in total. The molecule has 0 amide bonds. The van der Waals surface area contributed by atoms with E-state index in [1.165, 1.54) is 6.07 Å². The molecule has 4 heterocycles. The third-order valence-electron chi connectivity index (χ3n) is 4.98. The number of piperazine rings is 1. The maximum absolute atomic E-state index is 14.4. The highest BCUT2D eigenvalue weighted by atomic mass is 19.1. The number of anilines is 3. The molecule has 0 unspecified atom stereocenters. The van der Waals surface area contributed by atoms with Gasteiger partial charge in [0.15, 0.2) is 5.82 Å². The van der Waals surface area contributed by atoms with Gasteiger partial charge in [0, 0.05) is 50.0 Å². The zero-order valence-electron chi connectivity index (χ0n) is 17.0. The number of rotatable bonds is 5. The predicted octanol–water partition coefficient (Wildman–Crippen LogP) is 2.57. The normalized spacial score (nSPS) is 14.2. The monoisotopic (exact) mass is 409 g/mol. The highest BCUT2D eigenvalue weighted by Gasteiger charge is 2.14. The van der Waals surface area contributed by atoms with Crippen LogP contribution in [0.5, 0.6) is 0 Å². The van der Waals surface area contributed by atoms with E-state index in [9.17, 15) is 9.18 Å². The van der Waals surface area contributed by atoms with Gasteiger partial charge in [-0.05, 0) is 32.0 Å². The van der Waals surface area contributed by atoms with Gasteiger partial charge in [0.05, 0.1) is 18.1 Å². The van der Waals surface area contributed by atoms with Crippen LogP contribution in [0, 0.1) is 5.82 Å². The van der Waals surface area contributed by atoms with Gasteiger partial charge < -0.3 is 20.1 Å². The van der Waals surface area contributed by atoms with Gasteiger partial charge in [0.1, 0.15) is 11.5 Å². The minimum atomic E-state index is -0.559. The molecule has 9 heteroatoms. The van der Waals surface area contributed by atoms with Gasteiger partial charge in [-0.25, -0.2) is 19.3 Å². The quantitative estimate of drug-likeness (QED) is 0.670. The molecule has 1 aliphatic heterocycles. The van der Waals surface area contributed by atoms with Crippen molar-refractivity contribution in [3.05, 3.63) is 59.0 Å². The van der Waals surface area contributed by atoms with Crippen LogP contribution in [0.25, 0.3) is 11.3 Å². The molecule has 0 spiro atoms. The summed E-state index contributed by atoms with van der Waals surface area (Å²) in [5.41, 5.74) is 1.54. The summed E-state index contributed by atoms with van der Waals surface area (Å²) < 4.78 is 16.0. The van der Waals surface area contributed by atoms with Crippen molar-refractivity contribution in [3.63, 3.8) is 0 Å². The van der Waals surface area contributed by atoms with E-state index in [0.29, 0.717) is 11.4 Å². The van der Waals surface area contributed by atoms with Gasteiger partial charge in [-0.1, -0.05) is 0 Å². The molecule has 156 valence electrons. The van der Waals surface area contributed by atoms with Crippen LogP contribution in [0.2, 0.25) is 0 Å². The highest BCUT2D eigenvalue weighted by Crippen LogP contribution is 2.23. The number of pyridine rings is 2. The Morgan fingerprint density at radius 2 is 1.90 bits per heavy atom. The molecular formula is C21H24FN7O. The predicted molar refractivity (Wildman–Crippen MR) is 115 cm³/mol. The Bertz CT molecular complexity index is 1080. The summed E-state index contributed by atoms with van der Waals surface area (Å²) in [6.45, 7) is 7.58. The zero-order chi connectivity index (χ0) is 21.1. The number of nitrogens with zero attached hydrogens (tertiary/aromatic N) is 5. The Morgan fingerprint density at radius 1 is 1.10 bits per heavy atom. The van der Waals surface area contributed by atoms with Crippen LogP contribution in [-0.4, -0.2) is 45.7 Å². The maximum atomic E-state index is 14.4. The summed E-state index contributed by atoms with van der Waals surface area (Å²) in [5.74, 6) is 0.242. The average molecular weight is 409 g/mol. The Kier molecular flexibility index (Phi) is 5.71. The SMILES string of the molecule is CC(C)n1cc(-c2nc(Nc3ccc(N4CCNCC4)cn3)ncc2F)ccc1=O. The topological polar surface area (TPSA) is 88.0 Å². The highest BCUT2D eigenvalue weighted by molar-refractivity contribution is 5.61. The first kappa shape index (κ1) is 20.0. The molecule has 0 aromatic carbocycles. The molecule has 1 saturated heterocycles. The maximum Gasteiger partial charge on any atom is 0.250 e. The molecule has 1 fully saturated rings. The largest absolute Gasteiger partial charge is 0.368 e. The lowest BCUT2D eigenvalue weighted by Crippen LogP contribution is -2.43. The van der Waals surface area contributed by atoms with Crippen LogP contribution in [-0.2, 0) is 0 Å². The molecule has 8 nitrogen and oxygen atoms in total. The van der Waals surface area contributed by atoms with Crippen molar-refractivity contribution in [2.45, 2.75) is 19.9 Å². The van der Waals surface area contributed by atoms with Crippen molar-refractivity contribution in [1.29, 1.82) is 0 Å². The third kappa shape index (κ3) is 4.30. The first-order chi connectivity index (χ1) is 14.5. The van der Waals surface area contributed by atoms with Crippen LogP contribution >= 0.6 is 0 Å². The van der Waals surface area contributed by atoms with E-state index in [-0.39, 0.29) is 23.2 Å². The molecule has 3 aromatic heterocycles. The minimum absolute atomic E-state index is 0.0432. The smallest absolute Gasteiger partial charge is 0.250 e. The van der Waals surface area contributed by atoms with Crippen LogP contribution in [0.4, 0.5) is 21.8 Å². The Labute approximate surface area is 173 Å². The second kappa shape index (κ2) is 8.58. The molecule has 3 aromatic rings. The second-order valence-electron chi connectivity index (χ2n) is 7.41. The average Bonchev–Trinajstić information content (AvgIpc) is 2.76. The van der Waals surface area contributed by atoms with Gasteiger partial charge in [-0.15, -0.1) is 0 Å². The molecule has 0 saturated carbocycles. The van der Waals surface area contributed by atoms with E-state index in [4.69, 9.17) is 0 Å². The van der Waals surface area contributed by atoms with Crippen molar-refractivity contribution < 1.29 is 4.39 Å². The summed E-state index contributed by atoms with van der Waals surface area (Å²) in [4.78, 5) is 27.0. The van der Waals surface area contributed by atoms with Crippen molar-refractivity contribution in [2.24, 2.45) is 0 Å². The third-order valence-corrected chi connectivity index (χ3v) is 4.98. The standard InChI is InChI=1S/C21H24FN7O/c1-14(2)29-13-15(3-6-19(29)30)20-17(22)12-25-21(27-20)26-18-5-4-16(11-24-18)28-9-7-23-8-10-28/h3-6,11-14,23H,7-10H2,1-2H3,(H,24,25,26,27). The molecular weight excluding hydrogens is 385 g/mol. The van der Waals surface area contributed by atoms with Crippen molar-refractivity contribution in [1.82, 2.24) is 24.8 Å². The van der Waals surface area contributed by atoms with Gasteiger partial charge in [0.25, 0.3) is 5.56 Å². The van der Waals surface area contributed by atoms with E-state index < -0.39 is 5.82 Å². The fourth-order valence-corrected chi connectivity index (χ4v) is 3.36. The minimum Gasteiger partial charge on any atom is -0.368 e. The summed E-state index contributed by atoms with van der Waals surface area (Å²) in [7, 11) is 0. The number of aromatic nitrogens is 4. The lowest BCUT2D eigenvalue weighted by molar-refractivity contribution is 0.577. The fourth-order valence-electron chi connectivity index (χ4n) is 3.36. The molecule has 1 aliphatic rings. The number of nitrogens with one attached hydrogen (secondary N) is 2. The molecule has 30 heavy (non-hydrogen) atoms. The molecule has 0 bridgehead atoms. The second-order valence-corrected chi connectivity index (χ2v) is 7.41. The lowest BCUT2D eigenvalue weighted by atomic mass is 10.2. The fraction of sp³-hybridized carbons (Fsp3) is 0.333. The zero-order valence-corrected chi connectivity index (χ0v) is 17.0. The van der Waals surface area contributed by atoms with Crippen molar-refractivity contribution in [2.75, 3.05) is 36.4 Å². The van der Waals surface area contributed by atoms with Crippen molar-refractivity contribution in [3.8, 4) is 11.3 Å². The van der Waals surface area contributed by atoms with E-state index in [2.05, 4.69) is 30.5 Å². The molecule has 4 rings (SSSR count). The molecule has 0 radical (unpaired) electrons. The summed E-state index contributed by atoms with van der Waals surface area (Å²) in [5, 5.41) is 6.34. The summed E-state index contributed by atoms with van der Waals surface area (Å²) >= 11 is 0. The molecule has 0 atom stereocenters. The van der Waals surface area contributed by atoms with E-state index >= 15 is 0 Å². The lowest BCUT2D eigenvalue weighted by Gasteiger charge is -2.29. The first-order valence-electron chi connectivity index (χ1n) is 9.95. The van der Waals surface area contributed by atoms with Gasteiger partial charge in [-0.3, -0.25) is 4.79 Å². The van der Waals surface area contributed by atoms with Gasteiger partial charge >= 0.3 is 0 Å². The Morgan fingerprint density at radius 3 is 2.60 bits per heavy atom. The number of hydrogen-bond donors (Lipinski definition) is 2. The van der Waals surface area contributed by atoms with Gasteiger partial charge in [0.2, 0.25) is 5.95 Å². The van der Waals surface area contributed by atoms with Crippen LogP contribution < -0.4 is 21.1 Å². The van der Waals surface area contributed by atoms with Crippen LogP contribution in [0.1, 0.15) is 19.9 Å². The number of halogens is 1. The van der Waals surface area contributed by atoms with Crippen molar-refractivity contribution >= 4 is 17.5 Å². The van der Waals surface area contributed by atoms with E-state index in [1.807, 2.05) is 26.0 Å². The van der Waals surface area contributed by atoms with Crippen LogP contribution in [0.15, 0.2) is 47.7 Å². The Hall–Kier alpha value is -3.33.